The van der Waals surface area contributed by atoms with E-state index < -0.39 is 12.0 Å². The molecule has 2 heterocycles. The number of phenols is 1. The van der Waals surface area contributed by atoms with E-state index >= 15 is 0 Å². The Morgan fingerprint density at radius 1 is 1.30 bits per heavy atom. The normalized spacial score (nSPS) is 12.2. The molecule has 0 saturated heterocycles. The highest BCUT2D eigenvalue weighted by atomic mass is 32.1. The monoisotopic (exact) mass is 330 g/mol. The highest BCUT2D eigenvalue weighted by Crippen LogP contribution is 2.24. The minimum absolute atomic E-state index is 0.0977. The number of hydrogen-bond donors (Lipinski definition) is 3. The van der Waals surface area contributed by atoms with Crippen LogP contribution in [0.1, 0.15) is 17.3 Å². The number of carboxylic acids is 1. The Bertz CT molecular complexity index is 781. The number of carboxylic acid groups (broad SMARTS) is 1. The minimum Gasteiger partial charge on any atom is -0.508 e. The van der Waals surface area contributed by atoms with Gasteiger partial charge in [0.25, 0.3) is 0 Å². The van der Waals surface area contributed by atoms with Gasteiger partial charge in [0, 0.05) is 11.9 Å². The van der Waals surface area contributed by atoms with Crippen LogP contribution in [0.4, 0.5) is 0 Å². The molecule has 3 rings (SSSR count). The first-order valence-electron chi connectivity index (χ1n) is 6.87. The molecule has 3 aromatic rings. The summed E-state index contributed by atoms with van der Waals surface area (Å²) in [5.74, 6) is -0.202. The summed E-state index contributed by atoms with van der Waals surface area (Å²) in [6.45, 7) is 0.315. The fourth-order valence-corrected chi connectivity index (χ4v) is 2.91. The van der Waals surface area contributed by atoms with Crippen molar-refractivity contribution in [3.8, 4) is 16.5 Å². The number of aliphatic carboxylic acids is 1. The van der Waals surface area contributed by atoms with E-state index in [0.29, 0.717) is 17.9 Å². The molecule has 0 spiro atoms. The highest BCUT2D eigenvalue weighted by molar-refractivity contribution is 7.13. The van der Waals surface area contributed by atoms with Gasteiger partial charge in [0.05, 0.1) is 12.0 Å². The van der Waals surface area contributed by atoms with Crippen molar-refractivity contribution in [1.82, 2.24) is 10.3 Å². The Kier molecular flexibility index (Phi) is 4.40. The standard InChI is InChI=1S/C16H14N2O4S/c19-12-5-3-10(4-6-12)14(16(20)21)17-8-11-9-23-15(18-11)13-2-1-7-22-13/h1-7,9,14,17,19H,8H2,(H,20,21)/t14-/m1/s1. The zero-order valence-corrected chi connectivity index (χ0v) is 12.8. The number of nitrogens with zero attached hydrogens (tertiary/aromatic N) is 1. The third-order valence-electron chi connectivity index (χ3n) is 3.24. The van der Waals surface area contributed by atoms with Gasteiger partial charge in [0.15, 0.2) is 10.8 Å². The van der Waals surface area contributed by atoms with E-state index in [1.54, 1.807) is 24.5 Å². The van der Waals surface area contributed by atoms with Gasteiger partial charge in [0.1, 0.15) is 11.8 Å². The van der Waals surface area contributed by atoms with Crippen molar-refractivity contribution >= 4 is 17.3 Å². The Morgan fingerprint density at radius 3 is 2.74 bits per heavy atom. The summed E-state index contributed by atoms with van der Waals surface area (Å²) in [6, 6.07) is 8.83. The van der Waals surface area contributed by atoms with Gasteiger partial charge < -0.3 is 14.6 Å². The van der Waals surface area contributed by atoms with E-state index in [4.69, 9.17) is 4.42 Å². The van der Waals surface area contributed by atoms with Gasteiger partial charge in [-0.3, -0.25) is 10.1 Å². The SMILES string of the molecule is O=C(O)[C@H](NCc1csc(-c2ccco2)n1)c1ccc(O)cc1. The maximum absolute atomic E-state index is 11.4. The molecule has 0 saturated carbocycles. The molecule has 1 aromatic carbocycles. The topological polar surface area (TPSA) is 95.6 Å². The first-order chi connectivity index (χ1) is 11.1. The molecule has 23 heavy (non-hydrogen) atoms. The Morgan fingerprint density at radius 2 is 2.09 bits per heavy atom. The van der Waals surface area contributed by atoms with E-state index in [1.807, 2.05) is 11.4 Å². The largest absolute Gasteiger partial charge is 0.508 e. The Balaban J connectivity index is 1.70. The first-order valence-corrected chi connectivity index (χ1v) is 7.75. The van der Waals surface area contributed by atoms with Gasteiger partial charge >= 0.3 is 5.97 Å². The zero-order valence-electron chi connectivity index (χ0n) is 12.0. The molecule has 118 valence electrons. The molecular weight excluding hydrogens is 316 g/mol. The van der Waals surface area contributed by atoms with Gasteiger partial charge in [-0.15, -0.1) is 11.3 Å². The van der Waals surface area contributed by atoms with Crippen LogP contribution in [0.3, 0.4) is 0 Å². The molecule has 0 aliphatic rings. The summed E-state index contributed by atoms with van der Waals surface area (Å²) in [4.78, 5) is 15.9. The molecular formula is C16H14N2O4S. The number of thiazole rings is 1. The summed E-state index contributed by atoms with van der Waals surface area (Å²) >= 11 is 1.44. The van der Waals surface area contributed by atoms with Gasteiger partial charge in [-0.1, -0.05) is 12.1 Å². The number of nitrogens with one attached hydrogen (secondary N) is 1. The maximum Gasteiger partial charge on any atom is 0.325 e. The molecule has 0 unspecified atom stereocenters. The van der Waals surface area contributed by atoms with E-state index in [9.17, 15) is 15.0 Å². The molecule has 0 amide bonds. The van der Waals surface area contributed by atoms with E-state index in [1.165, 1.54) is 23.5 Å². The van der Waals surface area contributed by atoms with Crippen molar-refractivity contribution in [2.45, 2.75) is 12.6 Å². The number of furan rings is 1. The number of phenolic OH excluding ortho intramolecular Hbond substituents is 1. The molecule has 0 bridgehead atoms. The van der Waals surface area contributed by atoms with Crippen LogP contribution >= 0.6 is 11.3 Å². The van der Waals surface area contributed by atoms with E-state index in [2.05, 4.69) is 10.3 Å². The number of rotatable bonds is 6. The fourth-order valence-electron chi connectivity index (χ4n) is 2.12. The second-order valence-electron chi connectivity index (χ2n) is 4.86. The van der Waals surface area contributed by atoms with Crippen molar-refractivity contribution < 1.29 is 19.4 Å². The smallest absolute Gasteiger partial charge is 0.325 e. The van der Waals surface area contributed by atoms with Gasteiger partial charge in [0.2, 0.25) is 0 Å². The molecule has 1 atom stereocenters. The van der Waals surface area contributed by atoms with Gasteiger partial charge in [-0.25, -0.2) is 4.98 Å². The molecule has 6 nitrogen and oxygen atoms in total. The predicted molar refractivity (Wildman–Crippen MR) is 85.1 cm³/mol. The third-order valence-corrected chi connectivity index (χ3v) is 4.15. The summed E-state index contributed by atoms with van der Waals surface area (Å²) in [5.41, 5.74) is 1.31. The lowest BCUT2D eigenvalue weighted by Crippen LogP contribution is -2.28. The second kappa shape index (κ2) is 6.64. The summed E-state index contributed by atoms with van der Waals surface area (Å²) in [6.07, 6.45) is 1.58. The molecule has 0 aliphatic carbocycles. The first kappa shape index (κ1) is 15.3. The van der Waals surface area contributed by atoms with Crippen LogP contribution in [-0.4, -0.2) is 21.2 Å². The molecule has 3 N–H and O–H groups in total. The van der Waals surface area contributed by atoms with Crippen LogP contribution in [0.2, 0.25) is 0 Å². The van der Waals surface area contributed by atoms with Crippen molar-refractivity contribution in [2.24, 2.45) is 0 Å². The average molecular weight is 330 g/mol. The maximum atomic E-state index is 11.4. The molecule has 0 radical (unpaired) electrons. The molecule has 0 fully saturated rings. The van der Waals surface area contributed by atoms with Crippen molar-refractivity contribution in [1.29, 1.82) is 0 Å². The molecule has 0 aliphatic heterocycles. The lowest BCUT2D eigenvalue weighted by molar-refractivity contribution is -0.139. The fraction of sp³-hybridized carbons (Fsp3) is 0.125. The summed E-state index contributed by atoms with van der Waals surface area (Å²) < 4.78 is 5.29. The summed E-state index contributed by atoms with van der Waals surface area (Å²) in [7, 11) is 0. The Hall–Kier alpha value is -2.64. The van der Waals surface area contributed by atoms with Crippen LogP contribution in [-0.2, 0) is 11.3 Å². The van der Waals surface area contributed by atoms with Crippen LogP contribution in [0.15, 0.2) is 52.5 Å². The quantitative estimate of drug-likeness (QED) is 0.643. The number of hydrogen-bond acceptors (Lipinski definition) is 6. The molecule has 2 aromatic heterocycles. The highest BCUT2D eigenvalue weighted by Gasteiger charge is 2.19. The summed E-state index contributed by atoms with van der Waals surface area (Å²) in [5, 5.41) is 24.2. The third kappa shape index (κ3) is 3.58. The van der Waals surface area contributed by atoms with Gasteiger partial charge in [-0.05, 0) is 29.8 Å². The van der Waals surface area contributed by atoms with Crippen LogP contribution in [0.25, 0.3) is 10.8 Å². The van der Waals surface area contributed by atoms with E-state index in [0.717, 1.165) is 10.7 Å². The zero-order chi connectivity index (χ0) is 16.2. The van der Waals surface area contributed by atoms with E-state index in [-0.39, 0.29) is 5.75 Å². The lowest BCUT2D eigenvalue weighted by atomic mass is 10.1. The second-order valence-corrected chi connectivity index (χ2v) is 5.72. The number of aromatic nitrogens is 1. The molecule has 7 heteroatoms. The van der Waals surface area contributed by atoms with Crippen molar-refractivity contribution in [2.75, 3.05) is 0 Å². The van der Waals surface area contributed by atoms with Crippen LogP contribution < -0.4 is 5.32 Å². The van der Waals surface area contributed by atoms with Crippen LogP contribution in [0, 0.1) is 0 Å². The predicted octanol–water partition coefficient (Wildman–Crippen LogP) is 3.02. The number of carbonyl (C=O) groups is 1. The van der Waals surface area contributed by atoms with Crippen molar-refractivity contribution in [3.63, 3.8) is 0 Å². The lowest BCUT2D eigenvalue weighted by Gasteiger charge is -2.14. The van der Waals surface area contributed by atoms with Gasteiger partial charge in [-0.2, -0.15) is 0 Å². The average Bonchev–Trinajstić information content (AvgIpc) is 3.19. The number of aromatic hydroxyl groups is 1. The van der Waals surface area contributed by atoms with Crippen molar-refractivity contribution in [3.05, 3.63) is 59.3 Å². The minimum atomic E-state index is -0.989. The van der Waals surface area contributed by atoms with Crippen LogP contribution in [0.5, 0.6) is 5.75 Å². The Labute approximate surface area is 136 Å². The number of benzene rings is 1.